The summed E-state index contributed by atoms with van der Waals surface area (Å²) in [6, 6.07) is 15.2. The molecule has 0 aliphatic carbocycles. The monoisotopic (exact) mass is 413 g/mol. The van der Waals surface area contributed by atoms with E-state index in [4.69, 9.17) is 0 Å². The molecular formula is C26H27N3O2. The number of allylic oxidation sites excluding steroid dienone is 3. The second-order valence-corrected chi connectivity index (χ2v) is 7.46. The van der Waals surface area contributed by atoms with E-state index in [1.807, 2.05) is 68.5 Å². The van der Waals surface area contributed by atoms with Crippen LogP contribution in [-0.4, -0.2) is 22.0 Å². The number of amides is 1. The summed E-state index contributed by atoms with van der Waals surface area (Å²) in [4.78, 5) is 28.6. The van der Waals surface area contributed by atoms with Crippen LogP contribution in [0, 0.1) is 0 Å². The minimum atomic E-state index is -0.133. The number of nitrogens with zero attached hydrogens (tertiary/aromatic N) is 2. The molecule has 2 heterocycles. The average molecular weight is 414 g/mol. The number of hydrogen-bond acceptors (Lipinski definition) is 3. The van der Waals surface area contributed by atoms with Gasteiger partial charge < -0.3 is 9.88 Å². The van der Waals surface area contributed by atoms with Crippen molar-refractivity contribution in [2.24, 2.45) is 0 Å². The summed E-state index contributed by atoms with van der Waals surface area (Å²) in [5, 5.41) is 2.92. The standard InChI is InChI=1S/C26H27N3O2/c1-3-4-7-20(2)16-28-26(31)24-15-23(17-27-18-24)14-21-9-11-22(12-10-21)19-29-13-6-5-8-25(29)30/h3-13,15,17-18H,14,16,19H2,1-2H3,(H,28,31)/b4-3-,20-7+. The van der Waals surface area contributed by atoms with Crippen LogP contribution in [0.15, 0.2) is 95.7 Å². The van der Waals surface area contributed by atoms with Crippen LogP contribution in [0.5, 0.6) is 0 Å². The van der Waals surface area contributed by atoms with Gasteiger partial charge in [-0.1, -0.05) is 54.1 Å². The normalized spacial score (nSPS) is 11.6. The van der Waals surface area contributed by atoms with E-state index in [0.29, 0.717) is 25.1 Å². The molecule has 0 aliphatic heterocycles. The number of pyridine rings is 2. The van der Waals surface area contributed by atoms with Crippen molar-refractivity contribution in [3.05, 3.63) is 124 Å². The second kappa shape index (κ2) is 10.9. The zero-order valence-corrected chi connectivity index (χ0v) is 17.9. The smallest absolute Gasteiger partial charge is 0.253 e. The van der Waals surface area contributed by atoms with E-state index in [2.05, 4.69) is 10.3 Å². The Bertz CT molecular complexity index is 1140. The van der Waals surface area contributed by atoms with Gasteiger partial charge in [-0.15, -0.1) is 0 Å². The first-order chi connectivity index (χ1) is 15.0. The van der Waals surface area contributed by atoms with E-state index in [0.717, 1.165) is 22.3 Å². The molecule has 1 N–H and O–H groups in total. The van der Waals surface area contributed by atoms with Gasteiger partial charge in [-0.25, -0.2) is 0 Å². The molecule has 0 atom stereocenters. The lowest BCUT2D eigenvalue weighted by Gasteiger charge is -2.08. The van der Waals surface area contributed by atoms with Crippen LogP contribution in [0.2, 0.25) is 0 Å². The molecule has 3 aromatic rings. The molecule has 5 nitrogen and oxygen atoms in total. The number of hydrogen-bond donors (Lipinski definition) is 1. The average Bonchev–Trinajstić information content (AvgIpc) is 2.79. The van der Waals surface area contributed by atoms with E-state index < -0.39 is 0 Å². The number of carbonyl (C=O) groups excluding carboxylic acids is 1. The Labute approximate surface area is 182 Å². The van der Waals surface area contributed by atoms with E-state index in [1.54, 1.807) is 35.3 Å². The molecule has 0 unspecified atom stereocenters. The van der Waals surface area contributed by atoms with Crippen LogP contribution >= 0.6 is 0 Å². The summed E-state index contributed by atoms with van der Waals surface area (Å²) in [6.07, 6.45) is 11.7. The highest BCUT2D eigenvalue weighted by molar-refractivity contribution is 5.94. The molecule has 1 amide bonds. The van der Waals surface area contributed by atoms with Crippen molar-refractivity contribution >= 4 is 5.91 Å². The molecule has 0 radical (unpaired) electrons. The summed E-state index contributed by atoms with van der Waals surface area (Å²) in [7, 11) is 0. The molecule has 0 saturated heterocycles. The van der Waals surface area contributed by atoms with Crippen molar-refractivity contribution in [1.82, 2.24) is 14.9 Å². The quantitative estimate of drug-likeness (QED) is 0.565. The van der Waals surface area contributed by atoms with Crippen LogP contribution < -0.4 is 10.9 Å². The maximum absolute atomic E-state index is 12.4. The van der Waals surface area contributed by atoms with Gasteiger partial charge in [0, 0.05) is 31.2 Å². The summed E-state index contributed by atoms with van der Waals surface area (Å²) in [5.74, 6) is -0.133. The third-order valence-electron chi connectivity index (χ3n) is 4.84. The summed E-state index contributed by atoms with van der Waals surface area (Å²) >= 11 is 0. The summed E-state index contributed by atoms with van der Waals surface area (Å²) in [5.41, 5.74) is 4.77. The van der Waals surface area contributed by atoms with Gasteiger partial charge in [0.1, 0.15) is 0 Å². The predicted octanol–water partition coefficient (Wildman–Crippen LogP) is 4.13. The molecule has 0 saturated carbocycles. The molecule has 2 aromatic heterocycles. The maximum atomic E-state index is 12.4. The largest absolute Gasteiger partial charge is 0.348 e. The van der Waals surface area contributed by atoms with Gasteiger partial charge in [0.2, 0.25) is 0 Å². The van der Waals surface area contributed by atoms with Gasteiger partial charge in [0.05, 0.1) is 12.1 Å². The van der Waals surface area contributed by atoms with Gasteiger partial charge in [0.25, 0.3) is 11.5 Å². The van der Waals surface area contributed by atoms with Crippen molar-refractivity contribution in [1.29, 1.82) is 0 Å². The van der Waals surface area contributed by atoms with Crippen LogP contribution in [0.1, 0.15) is 40.9 Å². The predicted molar refractivity (Wildman–Crippen MR) is 124 cm³/mol. The van der Waals surface area contributed by atoms with E-state index in [9.17, 15) is 9.59 Å². The fourth-order valence-electron chi connectivity index (χ4n) is 3.14. The van der Waals surface area contributed by atoms with E-state index in [1.165, 1.54) is 0 Å². The van der Waals surface area contributed by atoms with Crippen LogP contribution in [-0.2, 0) is 13.0 Å². The Balaban J connectivity index is 1.62. The van der Waals surface area contributed by atoms with Crippen molar-refractivity contribution in [3.8, 4) is 0 Å². The molecule has 5 heteroatoms. The summed E-state index contributed by atoms with van der Waals surface area (Å²) < 4.78 is 1.68. The minimum Gasteiger partial charge on any atom is -0.348 e. The van der Waals surface area contributed by atoms with Gasteiger partial charge >= 0.3 is 0 Å². The number of carbonyl (C=O) groups is 1. The van der Waals surface area contributed by atoms with Crippen molar-refractivity contribution < 1.29 is 4.79 Å². The fourth-order valence-corrected chi connectivity index (χ4v) is 3.14. The minimum absolute atomic E-state index is 0.0137. The molecule has 0 fully saturated rings. The Kier molecular flexibility index (Phi) is 7.71. The Morgan fingerprint density at radius 1 is 1.06 bits per heavy atom. The Morgan fingerprint density at radius 3 is 2.58 bits per heavy atom. The van der Waals surface area contributed by atoms with E-state index >= 15 is 0 Å². The zero-order valence-electron chi connectivity index (χ0n) is 17.9. The van der Waals surface area contributed by atoms with Crippen LogP contribution in [0.3, 0.4) is 0 Å². The molecule has 0 aliphatic rings. The van der Waals surface area contributed by atoms with Crippen LogP contribution in [0.4, 0.5) is 0 Å². The molecular weight excluding hydrogens is 386 g/mol. The molecule has 158 valence electrons. The molecule has 1 aromatic carbocycles. The lowest BCUT2D eigenvalue weighted by atomic mass is 10.0. The van der Waals surface area contributed by atoms with E-state index in [-0.39, 0.29) is 11.5 Å². The molecule has 3 rings (SSSR count). The lowest BCUT2D eigenvalue weighted by molar-refractivity contribution is 0.0956. The lowest BCUT2D eigenvalue weighted by Crippen LogP contribution is -2.25. The van der Waals surface area contributed by atoms with Gasteiger partial charge in [-0.3, -0.25) is 14.6 Å². The number of rotatable bonds is 8. The third kappa shape index (κ3) is 6.64. The van der Waals surface area contributed by atoms with Crippen molar-refractivity contribution in [2.75, 3.05) is 6.54 Å². The zero-order chi connectivity index (χ0) is 22.1. The highest BCUT2D eigenvalue weighted by Gasteiger charge is 2.07. The van der Waals surface area contributed by atoms with Gasteiger partial charge in [-0.05, 0) is 49.1 Å². The van der Waals surface area contributed by atoms with Gasteiger partial charge in [-0.2, -0.15) is 0 Å². The first-order valence-corrected chi connectivity index (χ1v) is 10.3. The number of nitrogens with one attached hydrogen (secondary N) is 1. The molecule has 0 bridgehead atoms. The SMILES string of the molecule is C/C=C\C=C(/C)CNC(=O)c1cncc(Cc2ccc(Cn3ccccc3=O)cc2)c1. The highest BCUT2D eigenvalue weighted by Crippen LogP contribution is 2.12. The Morgan fingerprint density at radius 2 is 1.84 bits per heavy atom. The second-order valence-electron chi connectivity index (χ2n) is 7.46. The fraction of sp³-hybridized carbons (Fsp3) is 0.192. The third-order valence-corrected chi connectivity index (χ3v) is 4.84. The topological polar surface area (TPSA) is 64.0 Å². The first-order valence-electron chi connectivity index (χ1n) is 10.3. The number of benzene rings is 1. The molecule has 31 heavy (non-hydrogen) atoms. The number of aromatic nitrogens is 2. The Hall–Kier alpha value is -3.73. The van der Waals surface area contributed by atoms with Crippen molar-refractivity contribution in [2.45, 2.75) is 26.8 Å². The molecule has 0 spiro atoms. The van der Waals surface area contributed by atoms with Crippen molar-refractivity contribution in [3.63, 3.8) is 0 Å². The van der Waals surface area contributed by atoms with Gasteiger partial charge in [0.15, 0.2) is 0 Å². The maximum Gasteiger partial charge on any atom is 0.253 e. The first kappa shape index (κ1) is 22.0. The summed E-state index contributed by atoms with van der Waals surface area (Å²) in [6.45, 7) is 4.98. The van der Waals surface area contributed by atoms with Crippen LogP contribution in [0.25, 0.3) is 0 Å². The highest BCUT2D eigenvalue weighted by atomic mass is 16.1.